The third-order valence-corrected chi connectivity index (χ3v) is 7.13. The standard InChI is InChI=1S/C19H22N2O3S/c1-11(16-20-21-17(24-16)15-3-2-4-25-15)23-18(22)19-8-12-5-13(9-19)7-14(6-12)10-19/h2-4,11-14H,5-10H2,1H3/t11-,12?,13?,14?,19?/m0/s1. The molecule has 5 nitrogen and oxygen atoms in total. The first-order valence-corrected chi connectivity index (χ1v) is 10.1. The molecule has 1 atom stereocenters. The number of hydrogen-bond acceptors (Lipinski definition) is 6. The third kappa shape index (κ3) is 2.62. The van der Waals surface area contributed by atoms with Gasteiger partial charge in [0.2, 0.25) is 0 Å². The molecule has 0 spiro atoms. The van der Waals surface area contributed by atoms with E-state index in [2.05, 4.69) is 10.2 Å². The van der Waals surface area contributed by atoms with Crippen LogP contribution >= 0.6 is 11.3 Å². The predicted octanol–water partition coefficient (Wildman–Crippen LogP) is 4.62. The van der Waals surface area contributed by atoms with Crippen LogP contribution in [0.4, 0.5) is 0 Å². The average molecular weight is 358 g/mol. The van der Waals surface area contributed by atoms with Gasteiger partial charge in [-0.15, -0.1) is 21.5 Å². The van der Waals surface area contributed by atoms with Crippen LogP contribution in [-0.2, 0) is 9.53 Å². The van der Waals surface area contributed by atoms with E-state index in [-0.39, 0.29) is 11.4 Å². The Balaban J connectivity index is 1.31. The van der Waals surface area contributed by atoms with Gasteiger partial charge in [-0.1, -0.05) is 6.07 Å². The Bertz CT molecular complexity index is 747. The fourth-order valence-electron chi connectivity index (χ4n) is 5.60. The largest absolute Gasteiger partial charge is 0.452 e. The minimum absolute atomic E-state index is 0.0463. The average Bonchev–Trinajstić information content (AvgIpc) is 3.25. The van der Waals surface area contributed by atoms with Crippen molar-refractivity contribution in [3.63, 3.8) is 0 Å². The molecule has 0 radical (unpaired) electrons. The van der Waals surface area contributed by atoms with Gasteiger partial charge in [0.05, 0.1) is 10.3 Å². The number of esters is 1. The first kappa shape index (κ1) is 15.6. The quantitative estimate of drug-likeness (QED) is 0.746. The summed E-state index contributed by atoms with van der Waals surface area (Å²) < 4.78 is 11.5. The van der Waals surface area contributed by atoms with Crippen LogP contribution < -0.4 is 0 Å². The molecule has 25 heavy (non-hydrogen) atoms. The second-order valence-electron chi connectivity index (χ2n) is 8.17. The molecule has 0 amide bonds. The molecular weight excluding hydrogens is 336 g/mol. The minimum Gasteiger partial charge on any atom is -0.452 e. The number of carbonyl (C=O) groups is 1. The molecule has 4 bridgehead atoms. The molecule has 4 aliphatic carbocycles. The van der Waals surface area contributed by atoms with Crippen LogP contribution in [0.2, 0.25) is 0 Å². The molecular formula is C19H22N2O3S. The Morgan fingerprint density at radius 1 is 1.24 bits per heavy atom. The Morgan fingerprint density at radius 2 is 1.92 bits per heavy atom. The van der Waals surface area contributed by atoms with Crippen LogP contribution in [0.15, 0.2) is 21.9 Å². The summed E-state index contributed by atoms with van der Waals surface area (Å²) in [4.78, 5) is 13.9. The van der Waals surface area contributed by atoms with Crippen LogP contribution in [0.5, 0.6) is 0 Å². The van der Waals surface area contributed by atoms with Gasteiger partial charge < -0.3 is 9.15 Å². The lowest BCUT2D eigenvalue weighted by molar-refractivity contribution is -0.177. The number of ether oxygens (including phenoxy) is 1. The van der Waals surface area contributed by atoms with Gasteiger partial charge in [-0.05, 0) is 74.6 Å². The maximum absolute atomic E-state index is 13.0. The molecule has 6 heteroatoms. The van der Waals surface area contributed by atoms with E-state index in [0.29, 0.717) is 11.8 Å². The van der Waals surface area contributed by atoms with Gasteiger partial charge in [-0.3, -0.25) is 4.79 Å². The van der Waals surface area contributed by atoms with Crippen molar-refractivity contribution < 1.29 is 13.9 Å². The van der Waals surface area contributed by atoms with E-state index in [1.54, 1.807) is 11.3 Å². The minimum atomic E-state index is -0.498. The second-order valence-corrected chi connectivity index (χ2v) is 9.12. The van der Waals surface area contributed by atoms with Gasteiger partial charge in [0, 0.05) is 0 Å². The van der Waals surface area contributed by atoms with E-state index in [1.807, 2.05) is 24.4 Å². The van der Waals surface area contributed by atoms with Gasteiger partial charge in [0.1, 0.15) is 0 Å². The third-order valence-electron chi connectivity index (χ3n) is 6.28. The first-order valence-electron chi connectivity index (χ1n) is 9.20. The number of nitrogens with zero attached hydrogens (tertiary/aromatic N) is 2. The molecule has 0 saturated heterocycles. The van der Waals surface area contributed by atoms with Crippen LogP contribution in [-0.4, -0.2) is 16.2 Å². The highest BCUT2D eigenvalue weighted by molar-refractivity contribution is 7.13. The molecule has 132 valence electrons. The highest BCUT2D eigenvalue weighted by Crippen LogP contribution is 2.60. The number of hydrogen-bond donors (Lipinski definition) is 0. The van der Waals surface area contributed by atoms with E-state index in [4.69, 9.17) is 9.15 Å². The Morgan fingerprint density at radius 3 is 2.52 bits per heavy atom. The molecule has 6 rings (SSSR count). The molecule has 4 aliphatic rings. The van der Waals surface area contributed by atoms with Crippen molar-refractivity contribution in [2.75, 3.05) is 0 Å². The van der Waals surface area contributed by atoms with Crippen molar-refractivity contribution in [2.24, 2.45) is 23.2 Å². The highest BCUT2D eigenvalue weighted by atomic mass is 32.1. The van der Waals surface area contributed by atoms with Crippen molar-refractivity contribution in [2.45, 2.75) is 51.6 Å². The van der Waals surface area contributed by atoms with Crippen molar-refractivity contribution in [3.05, 3.63) is 23.4 Å². The molecule has 0 aliphatic heterocycles. The summed E-state index contributed by atoms with van der Waals surface area (Å²) in [6.45, 7) is 1.82. The van der Waals surface area contributed by atoms with Gasteiger partial charge >= 0.3 is 5.97 Å². The summed E-state index contributed by atoms with van der Waals surface area (Å²) in [7, 11) is 0. The smallest absolute Gasteiger partial charge is 0.312 e. The van der Waals surface area contributed by atoms with Gasteiger partial charge in [0.25, 0.3) is 11.8 Å². The van der Waals surface area contributed by atoms with E-state index in [1.165, 1.54) is 19.3 Å². The number of aromatic nitrogens is 2. The lowest BCUT2D eigenvalue weighted by Gasteiger charge is -2.55. The molecule has 2 heterocycles. The summed E-state index contributed by atoms with van der Waals surface area (Å²) >= 11 is 1.55. The van der Waals surface area contributed by atoms with E-state index < -0.39 is 6.10 Å². The maximum atomic E-state index is 13.0. The summed E-state index contributed by atoms with van der Waals surface area (Å²) in [5, 5.41) is 10.1. The van der Waals surface area contributed by atoms with Crippen LogP contribution in [0, 0.1) is 23.2 Å². The molecule has 4 saturated carbocycles. The summed E-state index contributed by atoms with van der Waals surface area (Å²) in [6, 6.07) is 3.88. The zero-order valence-electron chi connectivity index (χ0n) is 14.3. The molecule has 2 aromatic rings. The number of carbonyl (C=O) groups excluding carboxylic acids is 1. The van der Waals surface area contributed by atoms with Gasteiger partial charge in [-0.25, -0.2) is 0 Å². The summed E-state index contributed by atoms with van der Waals surface area (Å²) in [5.74, 6) is 2.99. The topological polar surface area (TPSA) is 65.2 Å². The zero-order chi connectivity index (χ0) is 17.0. The lowest BCUT2D eigenvalue weighted by atomic mass is 9.49. The SMILES string of the molecule is C[C@H](OC(=O)C12CC3CC(CC(C3)C1)C2)c1nnc(-c2cccs2)o1. The second kappa shape index (κ2) is 5.66. The molecule has 0 N–H and O–H groups in total. The maximum Gasteiger partial charge on any atom is 0.312 e. The van der Waals surface area contributed by atoms with E-state index >= 15 is 0 Å². The normalized spacial score (nSPS) is 34.2. The van der Waals surface area contributed by atoms with Crippen LogP contribution in [0.25, 0.3) is 10.8 Å². The fraction of sp³-hybridized carbons (Fsp3) is 0.632. The fourth-order valence-corrected chi connectivity index (χ4v) is 6.24. The highest BCUT2D eigenvalue weighted by Gasteiger charge is 2.55. The Kier molecular flexibility index (Phi) is 3.52. The van der Waals surface area contributed by atoms with Gasteiger partial charge in [0.15, 0.2) is 6.10 Å². The number of rotatable bonds is 4. The summed E-state index contributed by atoms with van der Waals surface area (Å²) in [6.07, 6.45) is 6.47. The lowest BCUT2D eigenvalue weighted by Crippen LogP contribution is -2.50. The van der Waals surface area contributed by atoms with Crippen molar-refractivity contribution >= 4 is 17.3 Å². The van der Waals surface area contributed by atoms with Crippen molar-refractivity contribution in [3.8, 4) is 10.8 Å². The first-order chi connectivity index (χ1) is 12.1. The van der Waals surface area contributed by atoms with E-state index in [0.717, 1.165) is 41.9 Å². The zero-order valence-corrected chi connectivity index (χ0v) is 15.1. The molecule has 2 aromatic heterocycles. The molecule has 0 aromatic carbocycles. The van der Waals surface area contributed by atoms with E-state index in [9.17, 15) is 4.79 Å². The molecule has 4 fully saturated rings. The summed E-state index contributed by atoms with van der Waals surface area (Å²) in [5.41, 5.74) is -0.250. The predicted molar refractivity (Wildman–Crippen MR) is 92.7 cm³/mol. The number of thiophene rings is 1. The van der Waals surface area contributed by atoms with Crippen LogP contribution in [0.3, 0.4) is 0 Å². The Hall–Kier alpha value is -1.69. The van der Waals surface area contributed by atoms with Gasteiger partial charge in [-0.2, -0.15) is 0 Å². The monoisotopic (exact) mass is 358 g/mol. The molecule has 0 unspecified atom stereocenters. The Labute approximate surface area is 150 Å². The van der Waals surface area contributed by atoms with Crippen LogP contribution in [0.1, 0.15) is 57.4 Å². The van der Waals surface area contributed by atoms with Crippen molar-refractivity contribution in [1.82, 2.24) is 10.2 Å². The van der Waals surface area contributed by atoms with Crippen molar-refractivity contribution in [1.29, 1.82) is 0 Å².